The maximum absolute atomic E-state index is 13.1. The molecule has 2 aromatic rings. The van der Waals surface area contributed by atoms with Crippen molar-refractivity contribution in [2.45, 2.75) is 17.9 Å². The van der Waals surface area contributed by atoms with Crippen LogP contribution < -0.4 is 10.0 Å². The zero-order chi connectivity index (χ0) is 20.7. The van der Waals surface area contributed by atoms with E-state index in [1.165, 1.54) is 55.5 Å². The summed E-state index contributed by atoms with van der Waals surface area (Å²) in [6.45, 7) is 4.87. The van der Waals surface area contributed by atoms with Gasteiger partial charge in [0, 0.05) is 12.2 Å². The largest absolute Gasteiger partial charge is 0.449 e. The van der Waals surface area contributed by atoms with Crippen molar-refractivity contribution in [3.8, 4) is 0 Å². The van der Waals surface area contributed by atoms with Crippen molar-refractivity contribution in [3.63, 3.8) is 0 Å². The number of ether oxygens (including phenoxy) is 1. The van der Waals surface area contributed by atoms with Crippen molar-refractivity contribution in [2.24, 2.45) is 0 Å². The lowest BCUT2D eigenvalue weighted by atomic mass is 10.2. The Morgan fingerprint density at radius 1 is 1.21 bits per heavy atom. The third-order valence-electron chi connectivity index (χ3n) is 3.56. The van der Waals surface area contributed by atoms with Gasteiger partial charge in [-0.15, -0.1) is 6.58 Å². The molecular weight excluding hydrogens is 387 g/mol. The van der Waals surface area contributed by atoms with Gasteiger partial charge in [0.1, 0.15) is 5.82 Å². The van der Waals surface area contributed by atoms with Crippen molar-refractivity contribution in [2.75, 3.05) is 11.9 Å². The third-order valence-corrected chi connectivity index (χ3v) is 5.00. The highest BCUT2D eigenvalue weighted by Crippen LogP contribution is 2.13. The molecule has 0 aliphatic heterocycles. The quantitative estimate of drug-likeness (QED) is 0.518. The molecule has 2 N–H and O–H groups in total. The van der Waals surface area contributed by atoms with Gasteiger partial charge in [-0.3, -0.25) is 4.79 Å². The summed E-state index contributed by atoms with van der Waals surface area (Å²) in [6.07, 6.45) is 0.257. The summed E-state index contributed by atoms with van der Waals surface area (Å²) in [7, 11) is -3.71. The van der Waals surface area contributed by atoms with Crippen LogP contribution in [0.5, 0.6) is 0 Å². The number of hydrogen-bond acceptors (Lipinski definition) is 5. The van der Waals surface area contributed by atoms with Gasteiger partial charge in [0.25, 0.3) is 5.91 Å². The van der Waals surface area contributed by atoms with Crippen LogP contribution in [0.2, 0.25) is 0 Å². The minimum atomic E-state index is -3.71. The minimum absolute atomic E-state index is 0.0252. The van der Waals surface area contributed by atoms with E-state index in [4.69, 9.17) is 4.74 Å². The maximum atomic E-state index is 13.1. The third kappa shape index (κ3) is 5.73. The van der Waals surface area contributed by atoms with E-state index in [1.54, 1.807) is 0 Å². The fraction of sp³-hybridized carbons (Fsp3) is 0.158. The van der Waals surface area contributed by atoms with Gasteiger partial charge in [0.2, 0.25) is 10.0 Å². The van der Waals surface area contributed by atoms with Crippen molar-refractivity contribution in [3.05, 3.63) is 72.6 Å². The number of halogens is 1. The molecule has 2 rings (SSSR count). The molecule has 0 aliphatic carbocycles. The summed E-state index contributed by atoms with van der Waals surface area (Å²) in [4.78, 5) is 24.2. The second-order valence-corrected chi connectivity index (χ2v) is 7.48. The van der Waals surface area contributed by atoms with Crippen LogP contribution in [0.4, 0.5) is 10.1 Å². The molecule has 2 aromatic carbocycles. The van der Waals surface area contributed by atoms with Gasteiger partial charge in [-0.1, -0.05) is 12.1 Å². The lowest BCUT2D eigenvalue weighted by Crippen LogP contribution is -2.30. The van der Waals surface area contributed by atoms with Crippen molar-refractivity contribution >= 4 is 27.6 Å². The Morgan fingerprint density at radius 3 is 2.50 bits per heavy atom. The molecule has 0 aliphatic rings. The molecule has 9 heteroatoms. The molecule has 0 saturated carbocycles. The average Bonchev–Trinajstić information content (AvgIpc) is 2.66. The number of amides is 1. The van der Waals surface area contributed by atoms with Gasteiger partial charge in [-0.2, -0.15) is 0 Å². The predicted molar refractivity (Wildman–Crippen MR) is 102 cm³/mol. The van der Waals surface area contributed by atoms with Crippen LogP contribution in [0.1, 0.15) is 17.3 Å². The Morgan fingerprint density at radius 2 is 1.89 bits per heavy atom. The van der Waals surface area contributed by atoms with Crippen LogP contribution in [0.25, 0.3) is 0 Å². The van der Waals surface area contributed by atoms with Crippen LogP contribution >= 0.6 is 0 Å². The molecule has 0 spiro atoms. The highest BCUT2D eigenvalue weighted by Gasteiger charge is 2.20. The van der Waals surface area contributed by atoms with E-state index >= 15 is 0 Å². The number of carbonyl (C=O) groups excluding carboxylic acids is 2. The van der Waals surface area contributed by atoms with Gasteiger partial charge in [-0.05, 0) is 49.4 Å². The van der Waals surface area contributed by atoms with Crippen molar-refractivity contribution in [1.82, 2.24) is 4.72 Å². The normalized spacial score (nSPS) is 12.1. The Hall–Kier alpha value is -3.04. The molecule has 0 saturated heterocycles. The van der Waals surface area contributed by atoms with Gasteiger partial charge in [0.15, 0.2) is 6.10 Å². The molecule has 0 bridgehead atoms. The summed E-state index contributed by atoms with van der Waals surface area (Å²) in [5, 5.41) is 2.44. The van der Waals surface area contributed by atoms with Gasteiger partial charge < -0.3 is 10.1 Å². The van der Waals surface area contributed by atoms with Crippen LogP contribution in [0.3, 0.4) is 0 Å². The van der Waals surface area contributed by atoms with Crippen LogP contribution in [0, 0.1) is 5.82 Å². The maximum Gasteiger partial charge on any atom is 0.338 e. The molecule has 1 unspecified atom stereocenters. The van der Waals surface area contributed by atoms with Crippen LogP contribution in [-0.2, 0) is 19.6 Å². The summed E-state index contributed by atoms with van der Waals surface area (Å²) in [6, 6.07) is 10.3. The van der Waals surface area contributed by atoms with E-state index in [0.29, 0.717) is 0 Å². The van der Waals surface area contributed by atoms with Crippen molar-refractivity contribution in [1.29, 1.82) is 0 Å². The highest BCUT2D eigenvalue weighted by atomic mass is 32.2. The number of hydrogen-bond donors (Lipinski definition) is 2. The van der Waals surface area contributed by atoms with E-state index in [0.717, 1.165) is 6.07 Å². The lowest BCUT2D eigenvalue weighted by Gasteiger charge is -2.14. The molecule has 0 aromatic heterocycles. The number of carbonyl (C=O) groups is 2. The molecular formula is C19H19FN2O5S. The zero-order valence-electron chi connectivity index (χ0n) is 15.0. The second-order valence-electron chi connectivity index (χ2n) is 5.71. The zero-order valence-corrected chi connectivity index (χ0v) is 15.8. The fourth-order valence-electron chi connectivity index (χ4n) is 2.11. The number of anilines is 1. The van der Waals surface area contributed by atoms with Crippen LogP contribution in [0.15, 0.2) is 66.1 Å². The van der Waals surface area contributed by atoms with Crippen LogP contribution in [-0.4, -0.2) is 32.9 Å². The van der Waals surface area contributed by atoms with E-state index in [-0.39, 0.29) is 22.7 Å². The first-order valence-electron chi connectivity index (χ1n) is 8.21. The van der Waals surface area contributed by atoms with E-state index in [2.05, 4.69) is 16.6 Å². The fourth-order valence-corrected chi connectivity index (χ4v) is 3.11. The Balaban J connectivity index is 1.99. The summed E-state index contributed by atoms with van der Waals surface area (Å²) < 4.78 is 44.5. The monoisotopic (exact) mass is 406 g/mol. The molecule has 0 fully saturated rings. The Kier molecular flexibility index (Phi) is 7.02. The van der Waals surface area contributed by atoms with E-state index < -0.39 is 33.8 Å². The Labute approximate surface area is 162 Å². The van der Waals surface area contributed by atoms with E-state index in [9.17, 15) is 22.4 Å². The molecule has 0 radical (unpaired) electrons. The number of benzene rings is 2. The number of rotatable bonds is 8. The van der Waals surface area contributed by atoms with Gasteiger partial charge >= 0.3 is 5.97 Å². The second kappa shape index (κ2) is 9.25. The molecule has 28 heavy (non-hydrogen) atoms. The highest BCUT2D eigenvalue weighted by molar-refractivity contribution is 7.89. The topological polar surface area (TPSA) is 102 Å². The molecule has 0 heterocycles. The van der Waals surface area contributed by atoms with Gasteiger partial charge in [-0.25, -0.2) is 22.3 Å². The average molecular weight is 406 g/mol. The number of nitrogens with one attached hydrogen (secondary N) is 2. The number of sulfonamides is 1. The first-order chi connectivity index (χ1) is 13.2. The standard InChI is InChI=1S/C19H19FN2O5S/c1-3-11-21-28(25,26)17-9-7-14(8-10-17)19(24)27-13(2)18(23)22-16-6-4-5-15(20)12-16/h3-10,12-13,21H,1,11H2,2H3,(H,22,23). The molecule has 148 valence electrons. The lowest BCUT2D eigenvalue weighted by molar-refractivity contribution is -0.123. The summed E-state index contributed by atoms with van der Waals surface area (Å²) in [5.41, 5.74) is 0.308. The molecule has 1 amide bonds. The molecule has 1 atom stereocenters. The van der Waals surface area contributed by atoms with E-state index in [1.807, 2.05) is 0 Å². The first-order valence-corrected chi connectivity index (χ1v) is 9.69. The SMILES string of the molecule is C=CCNS(=O)(=O)c1ccc(C(=O)OC(C)C(=O)Nc2cccc(F)c2)cc1. The smallest absolute Gasteiger partial charge is 0.338 e. The first kappa shape index (κ1) is 21.3. The predicted octanol–water partition coefficient (Wildman–Crippen LogP) is 2.47. The molecule has 7 nitrogen and oxygen atoms in total. The van der Waals surface area contributed by atoms with Crippen molar-refractivity contribution < 1.29 is 27.1 Å². The summed E-state index contributed by atoms with van der Waals surface area (Å²) >= 11 is 0. The Bertz CT molecular complexity index is 974. The van der Waals surface area contributed by atoms with Gasteiger partial charge in [0.05, 0.1) is 10.5 Å². The summed E-state index contributed by atoms with van der Waals surface area (Å²) in [5.74, 6) is -1.95. The number of esters is 1. The minimum Gasteiger partial charge on any atom is -0.449 e.